The molecule has 2 rings (SSSR count). The topological polar surface area (TPSA) is 21.7 Å². The molecule has 106 valence electrons. The predicted octanol–water partition coefficient (Wildman–Crippen LogP) is 2.54. The smallest absolute Gasteiger partial charge is 0.0506 e. The van der Waals surface area contributed by atoms with Gasteiger partial charge in [-0.1, -0.05) is 15.9 Å². The molecule has 0 saturated carbocycles. The largest absolute Gasteiger partial charge is 0.381 e. The predicted molar refractivity (Wildman–Crippen MR) is 77.3 cm³/mol. The maximum absolute atomic E-state index is 5.57. The Morgan fingerprint density at radius 1 is 1.22 bits per heavy atom. The van der Waals surface area contributed by atoms with E-state index in [0.717, 1.165) is 37.7 Å². The molecule has 0 amide bonds. The fourth-order valence-electron chi connectivity index (χ4n) is 3.17. The summed E-state index contributed by atoms with van der Waals surface area (Å²) in [5, 5.41) is 1.09. The van der Waals surface area contributed by atoms with E-state index in [4.69, 9.17) is 9.47 Å². The minimum Gasteiger partial charge on any atom is -0.381 e. The summed E-state index contributed by atoms with van der Waals surface area (Å²) >= 11 is 3.71. The van der Waals surface area contributed by atoms with Gasteiger partial charge in [-0.25, -0.2) is 0 Å². The van der Waals surface area contributed by atoms with Gasteiger partial charge in [-0.2, -0.15) is 0 Å². The summed E-state index contributed by atoms with van der Waals surface area (Å²) in [4.78, 5) is 2.51. The second-order valence-corrected chi connectivity index (χ2v) is 6.59. The minimum absolute atomic E-state index is 0.419. The van der Waals surface area contributed by atoms with Crippen molar-refractivity contribution in [1.29, 1.82) is 0 Å². The van der Waals surface area contributed by atoms with E-state index < -0.39 is 0 Å². The van der Waals surface area contributed by atoms with Gasteiger partial charge in [0.15, 0.2) is 0 Å². The Morgan fingerprint density at radius 3 is 2.61 bits per heavy atom. The lowest BCUT2D eigenvalue weighted by atomic mass is 9.81. The zero-order valence-electron chi connectivity index (χ0n) is 11.5. The van der Waals surface area contributed by atoms with E-state index >= 15 is 0 Å². The number of hydrogen-bond donors (Lipinski definition) is 0. The van der Waals surface area contributed by atoms with Crippen molar-refractivity contribution >= 4 is 15.9 Å². The van der Waals surface area contributed by atoms with E-state index in [1.807, 2.05) is 0 Å². The maximum Gasteiger partial charge on any atom is 0.0506 e. The molecule has 0 bridgehead atoms. The normalized spacial score (nSPS) is 28.5. The van der Waals surface area contributed by atoms with Crippen LogP contribution in [0.5, 0.6) is 0 Å². The highest BCUT2D eigenvalue weighted by atomic mass is 79.9. The molecular weight excluding hydrogens is 294 g/mol. The Kier molecular flexibility index (Phi) is 5.93. The summed E-state index contributed by atoms with van der Waals surface area (Å²) in [7, 11) is 2.26. The Morgan fingerprint density at radius 2 is 2.00 bits per heavy atom. The van der Waals surface area contributed by atoms with Gasteiger partial charge in [-0.3, -0.25) is 0 Å². The fraction of sp³-hybridized carbons (Fsp3) is 1.00. The lowest BCUT2D eigenvalue weighted by Crippen LogP contribution is -2.43. The molecule has 0 N–H and O–H groups in total. The molecule has 2 saturated heterocycles. The molecule has 1 atom stereocenters. The van der Waals surface area contributed by atoms with Crippen molar-refractivity contribution in [2.75, 3.05) is 51.9 Å². The number of alkyl halides is 1. The van der Waals surface area contributed by atoms with E-state index in [2.05, 4.69) is 27.9 Å². The van der Waals surface area contributed by atoms with Gasteiger partial charge in [0.2, 0.25) is 0 Å². The second kappa shape index (κ2) is 7.22. The minimum atomic E-state index is 0.419. The first kappa shape index (κ1) is 14.8. The summed E-state index contributed by atoms with van der Waals surface area (Å²) in [6, 6.07) is 0. The first-order valence-electron chi connectivity index (χ1n) is 7.14. The summed E-state index contributed by atoms with van der Waals surface area (Å²) in [6.45, 7) is 6.11. The van der Waals surface area contributed by atoms with Crippen LogP contribution in [0.4, 0.5) is 0 Å². The van der Waals surface area contributed by atoms with E-state index in [0.29, 0.717) is 5.41 Å². The van der Waals surface area contributed by atoms with Gasteiger partial charge in [0.25, 0.3) is 0 Å². The van der Waals surface area contributed by atoms with Crippen LogP contribution in [0.2, 0.25) is 0 Å². The summed E-state index contributed by atoms with van der Waals surface area (Å²) in [5.41, 5.74) is 0.419. The third-order valence-corrected chi connectivity index (χ3v) is 5.46. The lowest BCUT2D eigenvalue weighted by Gasteiger charge is -2.39. The zero-order chi connectivity index (χ0) is 12.8. The zero-order valence-corrected chi connectivity index (χ0v) is 13.1. The molecule has 4 heteroatoms. The Labute approximate surface area is 119 Å². The molecule has 2 fully saturated rings. The Balaban J connectivity index is 1.78. The highest BCUT2D eigenvalue weighted by Crippen LogP contribution is 2.33. The van der Waals surface area contributed by atoms with Crippen LogP contribution in [0.1, 0.15) is 25.7 Å². The third-order valence-electron chi connectivity index (χ3n) is 4.27. The van der Waals surface area contributed by atoms with E-state index in [1.165, 1.54) is 38.8 Å². The van der Waals surface area contributed by atoms with Gasteiger partial charge in [-0.05, 0) is 44.1 Å². The van der Waals surface area contributed by atoms with E-state index in [9.17, 15) is 0 Å². The van der Waals surface area contributed by atoms with Crippen molar-refractivity contribution in [3.63, 3.8) is 0 Å². The molecule has 0 aromatic rings. The van der Waals surface area contributed by atoms with Crippen LogP contribution >= 0.6 is 15.9 Å². The highest BCUT2D eigenvalue weighted by Gasteiger charge is 2.33. The molecule has 0 aromatic carbocycles. The van der Waals surface area contributed by atoms with Crippen molar-refractivity contribution in [1.82, 2.24) is 4.90 Å². The molecule has 0 aromatic heterocycles. The van der Waals surface area contributed by atoms with Crippen LogP contribution in [0.3, 0.4) is 0 Å². The molecule has 2 heterocycles. The van der Waals surface area contributed by atoms with Crippen LogP contribution in [-0.2, 0) is 9.47 Å². The lowest BCUT2D eigenvalue weighted by molar-refractivity contribution is 0.000802. The first-order valence-corrected chi connectivity index (χ1v) is 8.26. The summed E-state index contributed by atoms with van der Waals surface area (Å²) in [5.74, 6) is 0.732. The molecular formula is C14H26BrNO2. The maximum atomic E-state index is 5.57. The van der Waals surface area contributed by atoms with Gasteiger partial charge in [0.1, 0.15) is 0 Å². The Hall–Kier alpha value is 0.360. The van der Waals surface area contributed by atoms with Gasteiger partial charge in [-0.15, -0.1) is 0 Å². The van der Waals surface area contributed by atoms with Crippen LogP contribution in [0.25, 0.3) is 0 Å². The average Bonchev–Trinajstić information content (AvgIpc) is 2.41. The number of rotatable bonds is 5. The third kappa shape index (κ3) is 4.19. The van der Waals surface area contributed by atoms with E-state index in [1.54, 1.807) is 0 Å². The molecule has 2 aliphatic rings. The molecule has 0 spiro atoms. The molecule has 2 aliphatic heterocycles. The number of hydrogen-bond acceptors (Lipinski definition) is 3. The fourth-order valence-corrected chi connectivity index (χ4v) is 3.91. The molecule has 0 radical (unpaired) electrons. The van der Waals surface area contributed by atoms with Crippen LogP contribution in [-0.4, -0.2) is 56.8 Å². The van der Waals surface area contributed by atoms with Crippen molar-refractivity contribution in [3.8, 4) is 0 Å². The van der Waals surface area contributed by atoms with Gasteiger partial charge in [0, 0.05) is 38.2 Å². The van der Waals surface area contributed by atoms with Crippen LogP contribution < -0.4 is 0 Å². The van der Waals surface area contributed by atoms with Gasteiger partial charge >= 0.3 is 0 Å². The van der Waals surface area contributed by atoms with Crippen LogP contribution in [0.15, 0.2) is 0 Å². The standard InChI is InChI=1S/C14H26BrNO2/c1-16(9-13-3-2-6-18-10-13)12-14(11-15)4-7-17-8-5-14/h13H,2-12H2,1H3. The van der Waals surface area contributed by atoms with Crippen LogP contribution in [0, 0.1) is 11.3 Å². The monoisotopic (exact) mass is 319 g/mol. The number of ether oxygens (including phenoxy) is 2. The first-order chi connectivity index (χ1) is 8.74. The van der Waals surface area contributed by atoms with Crippen molar-refractivity contribution in [3.05, 3.63) is 0 Å². The summed E-state index contributed by atoms with van der Waals surface area (Å²) < 4.78 is 11.1. The quantitative estimate of drug-likeness (QED) is 0.727. The van der Waals surface area contributed by atoms with Crippen molar-refractivity contribution in [2.45, 2.75) is 25.7 Å². The average molecular weight is 320 g/mol. The molecule has 0 aliphatic carbocycles. The van der Waals surface area contributed by atoms with Gasteiger partial charge in [0.05, 0.1) is 6.61 Å². The van der Waals surface area contributed by atoms with Crippen molar-refractivity contribution in [2.24, 2.45) is 11.3 Å². The SMILES string of the molecule is CN(CC1CCCOC1)CC1(CBr)CCOCC1. The van der Waals surface area contributed by atoms with E-state index in [-0.39, 0.29) is 0 Å². The number of halogens is 1. The second-order valence-electron chi connectivity index (χ2n) is 6.03. The van der Waals surface area contributed by atoms with Gasteiger partial charge < -0.3 is 14.4 Å². The van der Waals surface area contributed by atoms with Crippen molar-refractivity contribution < 1.29 is 9.47 Å². The molecule has 3 nitrogen and oxygen atoms in total. The summed E-state index contributed by atoms with van der Waals surface area (Å²) in [6.07, 6.45) is 4.93. The molecule has 18 heavy (non-hydrogen) atoms. The Bertz CT molecular complexity index is 238. The number of nitrogens with zero attached hydrogens (tertiary/aromatic N) is 1. The molecule has 1 unspecified atom stereocenters. The highest BCUT2D eigenvalue weighted by molar-refractivity contribution is 9.09.